The molecular formula is C15H17BrO3. The van der Waals surface area contributed by atoms with Gasteiger partial charge in [0.05, 0.1) is 12.0 Å². The minimum atomic E-state index is -0.641. The fourth-order valence-corrected chi connectivity index (χ4v) is 3.68. The third-order valence-electron chi connectivity index (χ3n) is 4.47. The number of hydrogen-bond donors (Lipinski definition) is 1. The first kappa shape index (κ1) is 13.0. The molecule has 0 radical (unpaired) electrons. The average Bonchev–Trinajstić information content (AvgIpc) is 2.97. The van der Waals surface area contributed by atoms with Crippen LogP contribution in [0.3, 0.4) is 0 Å². The Morgan fingerprint density at radius 2 is 2.16 bits per heavy atom. The Balaban J connectivity index is 1.57. The molecule has 1 aromatic carbocycles. The van der Waals surface area contributed by atoms with Crippen molar-refractivity contribution in [2.24, 2.45) is 17.3 Å². The van der Waals surface area contributed by atoms with Crippen molar-refractivity contribution in [1.29, 1.82) is 0 Å². The second kappa shape index (κ2) is 4.82. The number of benzene rings is 1. The van der Waals surface area contributed by atoms with Gasteiger partial charge in [0, 0.05) is 4.47 Å². The summed E-state index contributed by atoms with van der Waals surface area (Å²) >= 11 is 3.39. The topological polar surface area (TPSA) is 46.5 Å². The zero-order valence-corrected chi connectivity index (χ0v) is 12.2. The van der Waals surface area contributed by atoms with Gasteiger partial charge in [0.1, 0.15) is 5.75 Å². The summed E-state index contributed by atoms with van der Waals surface area (Å²) in [4.78, 5) is 11.5. The number of carboxylic acid groups (broad SMARTS) is 1. The number of hydrogen-bond acceptors (Lipinski definition) is 2. The molecule has 0 aromatic heterocycles. The molecule has 19 heavy (non-hydrogen) atoms. The maximum Gasteiger partial charge on any atom is 0.309 e. The highest BCUT2D eigenvalue weighted by Gasteiger charge is 2.57. The molecule has 0 saturated heterocycles. The molecule has 2 atom stereocenters. The van der Waals surface area contributed by atoms with Crippen LogP contribution in [-0.4, -0.2) is 17.7 Å². The Bertz CT molecular complexity index is 490. The zero-order chi connectivity index (χ0) is 13.5. The van der Waals surface area contributed by atoms with Gasteiger partial charge in [-0.1, -0.05) is 22.0 Å². The molecule has 2 aliphatic rings. The lowest BCUT2D eigenvalue weighted by Crippen LogP contribution is -2.31. The summed E-state index contributed by atoms with van der Waals surface area (Å²) in [6.07, 6.45) is 3.53. The molecule has 3 rings (SSSR count). The third-order valence-corrected chi connectivity index (χ3v) is 4.97. The van der Waals surface area contributed by atoms with Crippen molar-refractivity contribution in [1.82, 2.24) is 0 Å². The quantitative estimate of drug-likeness (QED) is 0.897. The number of carbonyl (C=O) groups is 1. The summed E-state index contributed by atoms with van der Waals surface area (Å²) in [5.41, 5.74) is -0.528. The van der Waals surface area contributed by atoms with E-state index >= 15 is 0 Å². The van der Waals surface area contributed by atoms with Crippen LogP contribution in [0.2, 0.25) is 0 Å². The molecule has 2 unspecified atom stereocenters. The summed E-state index contributed by atoms with van der Waals surface area (Å²) in [6.45, 7) is 0.474. The van der Waals surface area contributed by atoms with Gasteiger partial charge in [-0.3, -0.25) is 4.79 Å². The third kappa shape index (κ3) is 2.64. The van der Waals surface area contributed by atoms with E-state index in [1.54, 1.807) is 0 Å². The van der Waals surface area contributed by atoms with Crippen molar-refractivity contribution in [2.75, 3.05) is 6.61 Å². The van der Waals surface area contributed by atoms with Gasteiger partial charge >= 0.3 is 5.97 Å². The number of ether oxygens (including phenoxy) is 1. The number of aliphatic carboxylic acids is 1. The van der Waals surface area contributed by atoms with Gasteiger partial charge in [-0.15, -0.1) is 0 Å². The Morgan fingerprint density at radius 1 is 1.42 bits per heavy atom. The number of carboxylic acids is 1. The van der Waals surface area contributed by atoms with Crippen LogP contribution < -0.4 is 4.74 Å². The highest BCUT2D eigenvalue weighted by Crippen LogP contribution is 2.61. The van der Waals surface area contributed by atoms with Crippen molar-refractivity contribution < 1.29 is 14.6 Å². The van der Waals surface area contributed by atoms with Crippen molar-refractivity contribution in [3.05, 3.63) is 28.7 Å². The van der Waals surface area contributed by atoms with E-state index in [-0.39, 0.29) is 0 Å². The second-order valence-electron chi connectivity index (χ2n) is 5.81. The molecule has 2 aliphatic carbocycles. The highest BCUT2D eigenvalue weighted by molar-refractivity contribution is 9.10. The lowest BCUT2D eigenvalue weighted by atomic mass is 9.80. The number of fused-ring (bicyclic) bond motifs is 1. The molecule has 2 fully saturated rings. The van der Waals surface area contributed by atoms with E-state index in [9.17, 15) is 9.90 Å². The van der Waals surface area contributed by atoms with E-state index in [1.807, 2.05) is 24.3 Å². The molecule has 0 spiro atoms. The Kier molecular flexibility index (Phi) is 3.29. The minimum absolute atomic E-state index is 0.474. The van der Waals surface area contributed by atoms with Crippen molar-refractivity contribution >= 4 is 21.9 Å². The van der Waals surface area contributed by atoms with Gasteiger partial charge in [0.15, 0.2) is 0 Å². The molecule has 1 N–H and O–H groups in total. The fourth-order valence-electron chi connectivity index (χ4n) is 3.30. The highest BCUT2D eigenvalue weighted by atomic mass is 79.9. The standard InChI is InChI=1S/C15H17BrO3/c16-12-2-1-3-13(7-12)19-5-4-15(14(17)18)8-10-6-11(10)9-15/h1-3,7,10-11H,4-6,8-9H2,(H,17,18). The van der Waals surface area contributed by atoms with Crippen LogP contribution in [-0.2, 0) is 4.79 Å². The summed E-state index contributed by atoms with van der Waals surface area (Å²) in [6, 6.07) is 7.65. The SMILES string of the molecule is O=C(O)C1(CCOc2cccc(Br)c2)CC2CC2C1. The first-order chi connectivity index (χ1) is 9.09. The van der Waals surface area contributed by atoms with Gasteiger partial charge in [0.2, 0.25) is 0 Å². The van der Waals surface area contributed by atoms with E-state index in [1.165, 1.54) is 6.42 Å². The molecule has 4 heteroatoms. The minimum Gasteiger partial charge on any atom is -0.494 e. The predicted molar refractivity (Wildman–Crippen MR) is 75.2 cm³/mol. The van der Waals surface area contributed by atoms with Gasteiger partial charge in [-0.2, -0.15) is 0 Å². The van der Waals surface area contributed by atoms with E-state index in [0.29, 0.717) is 24.9 Å². The molecule has 1 aromatic rings. The average molecular weight is 325 g/mol. The first-order valence-corrected chi connectivity index (χ1v) is 7.50. The van der Waals surface area contributed by atoms with Crippen LogP contribution in [0.15, 0.2) is 28.7 Å². The summed E-state index contributed by atoms with van der Waals surface area (Å²) in [7, 11) is 0. The molecule has 0 heterocycles. The van der Waals surface area contributed by atoms with Gasteiger partial charge in [0.25, 0.3) is 0 Å². The maximum atomic E-state index is 11.5. The predicted octanol–water partition coefficient (Wildman–Crippen LogP) is 3.72. The van der Waals surface area contributed by atoms with Crippen LogP contribution in [0.1, 0.15) is 25.7 Å². The van der Waals surface area contributed by atoms with Crippen LogP contribution in [0.25, 0.3) is 0 Å². The largest absolute Gasteiger partial charge is 0.494 e. The van der Waals surface area contributed by atoms with Gasteiger partial charge in [-0.05, 0) is 55.7 Å². The van der Waals surface area contributed by atoms with E-state index < -0.39 is 11.4 Å². The summed E-state index contributed by atoms with van der Waals surface area (Å²) in [5.74, 6) is 1.49. The van der Waals surface area contributed by atoms with E-state index in [2.05, 4.69) is 15.9 Å². The first-order valence-electron chi connectivity index (χ1n) is 6.71. The number of halogens is 1. The summed E-state index contributed by atoms with van der Waals surface area (Å²) in [5, 5.41) is 9.48. The molecule has 0 bridgehead atoms. The van der Waals surface area contributed by atoms with E-state index in [0.717, 1.165) is 23.1 Å². The molecule has 0 aliphatic heterocycles. The van der Waals surface area contributed by atoms with Crippen molar-refractivity contribution in [2.45, 2.75) is 25.7 Å². The Labute approximate surface area is 121 Å². The molecular weight excluding hydrogens is 308 g/mol. The Hall–Kier alpha value is -1.03. The zero-order valence-electron chi connectivity index (χ0n) is 10.6. The molecule has 2 saturated carbocycles. The van der Waals surface area contributed by atoms with E-state index in [4.69, 9.17) is 4.74 Å². The van der Waals surface area contributed by atoms with Gasteiger partial charge in [-0.25, -0.2) is 0 Å². The second-order valence-corrected chi connectivity index (χ2v) is 6.72. The van der Waals surface area contributed by atoms with Crippen LogP contribution in [0, 0.1) is 17.3 Å². The van der Waals surface area contributed by atoms with Crippen molar-refractivity contribution in [3.63, 3.8) is 0 Å². The van der Waals surface area contributed by atoms with Crippen LogP contribution in [0.4, 0.5) is 0 Å². The normalized spacial score (nSPS) is 31.8. The Morgan fingerprint density at radius 3 is 2.79 bits per heavy atom. The fraction of sp³-hybridized carbons (Fsp3) is 0.533. The summed E-state index contributed by atoms with van der Waals surface area (Å²) < 4.78 is 6.65. The monoisotopic (exact) mass is 324 g/mol. The molecule has 3 nitrogen and oxygen atoms in total. The smallest absolute Gasteiger partial charge is 0.309 e. The maximum absolute atomic E-state index is 11.5. The van der Waals surface area contributed by atoms with Crippen LogP contribution in [0.5, 0.6) is 5.75 Å². The lowest BCUT2D eigenvalue weighted by Gasteiger charge is -2.25. The molecule has 102 valence electrons. The molecule has 0 amide bonds. The number of rotatable bonds is 5. The van der Waals surface area contributed by atoms with Crippen LogP contribution >= 0.6 is 15.9 Å². The van der Waals surface area contributed by atoms with Crippen molar-refractivity contribution in [3.8, 4) is 5.75 Å². The van der Waals surface area contributed by atoms with Gasteiger partial charge < -0.3 is 9.84 Å². The lowest BCUT2D eigenvalue weighted by molar-refractivity contribution is -0.150.